The molecule has 0 unspecified atom stereocenters. The van der Waals surface area contributed by atoms with Gasteiger partial charge in [-0.3, -0.25) is 4.99 Å². The normalized spacial score (nSPS) is 22.3. The van der Waals surface area contributed by atoms with Gasteiger partial charge in [-0.25, -0.2) is 0 Å². The van der Waals surface area contributed by atoms with Crippen molar-refractivity contribution in [1.82, 2.24) is 5.32 Å². The first-order chi connectivity index (χ1) is 11.7. The van der Waals surface area contributed by atoms with Crippen LogP contribution >= 0.6 is 11.6 Å². The molecular formula is C19H28ClN3O. The van der Waals surface area contributed by atoms with Gasteiger partial charge < -0.3 is 15.8 Å². The fraction of sp³-hybridized carbons (Fsp3) is 0.632. The zero-order valence-electron chi connectivity index (χ0n) is 14.3. The molecule has 0 bridgehead atoms. The van der Waals surface area contributed by atoms with E-state index in [0.29, 0.717) is 18.5 Å². The predicted molar refractivity (Wildman–Crippen MR) is 99.7 cm³/mol. The molecule has 132 valence electrons. The lowest BCUT2D eigenvalue weighted by atomic mass is 9.74. The van der Waals surface area contributed by atoms with E-state index in [4.69, 9.17) is 27.1 Å². The Bertz CT molecular complexity index is 563. The molecule has 3 rings (SSSR count). The first kappa shape index (κ1) is 17.6. The van der Waals surface area contributed by atoms with Gasteiger partial charge in [-0.15, -0.1) is 0 Å². The van der Waals surface area contributed by atoms with Gasteiger partial charge >= 0.3 is 0 Å². The third-order valence-corrected chi connectivity index (χ3v) is 5.63. The molecule has 0 aromatic heterocycles. The summed E-state index contributed by atoms with van der Waals surface area (Å²) in [5, 5.41) is 4.18. The second-order valence-corrected chi connectivity index (χ2v) is 7.52. The molecule has 1 heterocycles. The van der Waals surface area contributed by atoms with Gasteiger partial charge in [0.05, 0.1) is 6.54 Å². The highest BCUT2D eigenvalue weighted by Gasteiger charge is 2.34. The maximum absolute atomic E-state index is 6.21. The number of nitrogens with two attached hydrogens (primary N) is 1. The Balaban J connectivity index is 1.71. The van der Waals surface area contributed by atoms with Crippen LogP contribution in [-0.2, 0) is 10.2 Å². The number of nitrogens with zero attached hydrogens (tertiary/aromatic N) is 1. The maximum atomic E-state index is 6.21. The van der Waals surface area contributed by atoms with Crippen molar-refractivity contribution in [2.24, 2.45) is 10.7 Å². The zero-order valence-corrected chi connectivity index (χ0v) is 15.0. The zero-order chi connectivity index (χ0) is 16.8. The molecule has 24 heavy (non-hydrogen) atoms. The van der Waals surface area contributed by atoms with E-state index in [1.165, 1.54) is 37.7 Å². The van der Waals surface area contributed by atoms with E-state index in [-0.39, 0.29) is 5.41 Å². The number of benzene rings is 1. The van der Waals surface area contributed by atoms with Crippen molar-refractivity contribution in [3.8, 4) is 0 Å². The highest BCUT2D eigenvalue weighted by molar-refractivity contribution is 6.30. The van der Waals surface area contributed by atoms with Crippen molar-refractivity contribution in [2.45, 2.75) is 56.4 Å². The number of guanidine groups is 1. The molecule has 0 atom stereocenters. The highest BCUT2D eigenvalue weighted by Crippen LogP contribution is 2.36. The Morgan fingerprint density at radius 2 is 2.00 bits per heavy atom. The molecule has 1 saturated heterocycles. The Labute approximate surface area is 149 Å². The summed E-state index contributed by atoms with van der Waals surface area (Å²) in [6, 6.07) is 8.63. The van der Waals surface area contributed by atoms with Gasteiger partial charge in [-0.2, -0.15) is 0 Å². The second kappa shape index (κ2) is 8.21. The van der Waals surface area contributed by atoms with E-state index < -0.39 is 0 Å². The third-order valence-electron chi connectivity index (χ3n) is 5.40. The summed E-state index contributed by atoms with van der Waals surface area (Å²) < 4.78 is 5.58. The van der Waals surface area contributed by atoms with Crippen LogP contribution in [0, 0.1) is 0 Å². The number of hydrogen-bond donors (Lipinski definition) is 2. The smallest absolute Gasteiger partial charge is 0.188 e. The fourth-order valence-electron chi connectivity index (χ4n) is 3.86. The summed E-state index contributed by atoms with van der Waals surface area (Å²) in [7, 11) is 0. The van der Waals surface area contributed by atoms with Gasteiger partial charge in [0.25, 0.3) is 0 Å². The van der Waals surface area contributed by atoms with Crippen LogP contribution in [0.25, 0.3) is 0 Å². The summed E-state index contributed by atoms with van der Waals surface area (Å²) in [5.41, 5.74) is 7.39. The summed E-state index contributed by atoms with van der Waals surface area (Å²) in [6.45, 7) is 2.21. The fourth-order valence-corrected chi connectivity index (χ4v) is 4.05. The monoisotopic (exact) mass is 349 g/mol. The van der Waals surface area contributed by atoms with Gasteiger partial charge in [0.15, 0.2) is 5.96 Å². The van der Waals surface area contributed by atoms with Crippen LogP contribution in [0.15, 0.2) is 29.3 Å². The predicted octanol–water partition coefficient (Wildman–Crippen LogP) is 3.63. The minimum atomic E-state index is -0.0258. The largest absolute Gasteiger partial charge is 0.381 e. The summed E-state index contributed by atoms with van der Waals surface area (Å²) >= 11 is 6.21. The summed E-state index contributed by atoms with van der Waals surface area (Å²) in [5.74, 6) is 0.579. The summed E-state index contributed by atoms with van der Waals surface area (Å²) in [6.07, 6.45) is 8.21. The third kappa shape index (κ3) is 4.42. The van der Waals surface area contributed by atoms with E-state index in [2.05, 4.69) is 17.4 Å². The van der Waals surface area contributed by atoms with Gasteiger partial charge in [-0.05, 0) is 43.4 Å². The van der Waals surface area contributed by atoms with Crippen LogP contribution < -0.4 is 11.1 Å². The van der Waals surface area contributed by atoms with Gasteiger partial charge in [-0.1, -0.05) is 43.0 Å². The van der Waals surface area contributed by atoms with Gasteiger partial charge in [0.1, 0.15) is 0 Å². The Hall–Kier alpha value is -1.26. The number of nitrogens with one attached hydrogen (secondary N) is 1. The molecule has 0 amide bonds. The van der Waals surface area contributed by atoms with E-state index in [9.17, 15) is 0 Å². The van der Waals surface area contributed by atoms with E-state index in [1.807, 2.05) is 12.1 Å². The molecule has 1 aliphatic heterocycles. The highest BCUT2D eigenvalue weighted by atomic mass is 35.5. The van der Waals surface area contributed by atoms with E-state index >= 15 is 0 Å². The number of aliphatic imine (C=N–C) groups is 1. The van der Waals surface area contributed by atoms with Crippen molar-refractivity contribution < 1.29 is 4.74 Å². The van der Waals surface area contributed by atoms with Crippen molar-refractivity contribution in [1.29, 1.82) is 0 Å². The topological polar surface area (TPSA) is 59.6 Å². The number of rotatable bonds is 4. The first-order valence-corrected chi connectivity index (χ1v) is 9.46. The molecule has 1 saturated carbocycles. The van der Waals surface area contributed by atoms with Crippen LogP contribution in [0.1, 0.15) is 50.5 Å². The Kier molecular flexibility index (Phi) is 6.01. The van der Waals surface area contributed by atoms with Crippen molar-refractivity contribution in [3.63, 3.8) is 0 Å². The molecule has 1 aliphatic carbocycles. The van der Waals surface area contributed by atoms with Crippen LogP contribution in [0.4, 0.5) is 0 Å². The van der Waals surface area contributed by atoms with Gasteiger partial charge in [0.2, 0.25) is 0 Å². The maximum Gasteiger partial charge on any atom is 0.188 e. The molecule has 1 aromatic carbocycles. The molecule has 2 fully saturated rings. The van der Waals surface area contributed by atoms with Crippen molar-refractivity contribution >= 4 is 17.6 Å². The van der Waals surface area contributed by atoms with Crippen molar-refractivity contribution in [3.05, 3.63) is 34.9 Å². The lowest BCUT2D eigenvalue weighted by molar-refractivity contribution is 0.0531. The Morgan fingerprint density at radius 3 is 2.71 bits per heavy atom. The molecule has 3 N–H and O–H groups in total. The molecule has 0 spiro atoms. The van der Waals surface area contributed by atoms with Crippen molar-refractivity contribution in [2.75, 3.05) is 19.8 Å². The molecule has 2 aliphatic rings. The van der Waals surface area contributed by atoms with E-state index in [0.717, 1.165) is 31.1 Å². The van der Waals surface area contributed by atoms with Crippen LogP contribution in [-0.4, -0.2) is 31.8 Å². The summed E-state index contributed by atoms with van der Waals surface area (Å²) in [4.78, 5) is 4.70. The average Bonchev–Trinajstić information content (AvgIpc) is 2.62. The standard InChI is InChI=1S/C19H28ClN3O/c20-16-6-4-5-15(13-16)19(9-11-24-12-10-19)14-22-18(21)23-17-7-2-1-3-8-17/h4-6,13,17H,1-3,7-12,14H2,(H3,21,22,23). The van der Waals surface area contributed by atoms with Crippen LogP contribution in [0.5, 0.6) is 0 Å². The first-order valence-electron chi connectivity index (χ1n) is 9.08. The molecule has 0 radical (unpaired) electrons. The lowest BCUT2D eigenvalue weighted by Gasteiger charge is -2.36. The SMILES string of the molecule is NC(=NCC1(c2cccc(Cl)c2)CCOCC1)NC1CCCCC1. The molecule has 4 nitrogen and oxygen atoms in total. The van der Waals surface area contributed by atoms with E-state index in [1.54, 1.807) is 0 Å². The van der Waals surface area contributed by atoms with Gasteiger partial charge in [0, 0.05) is 29.7 Å². The number of hydrogen-bond acceptors (Lipinski definition) is 2. The van der Waals surface area contributed by atoms with Crippen LogP contribution in [0.2, 0.25) is 5.02 Å². The quantitative estimate of drug-likeness (QED) is 0.644. The number of ether oxygens (including phenoxy) is 1. The lowest BCUT2D eigenvalue weighted by Crippen LogP contribution is -2.43. The number of halogens is 1. The molecule has 1 aromatic rings. The minimum absolute atomic E-state index is 0.0258. The average molecular weight is 350 g/mol. The minimum Gasteiger partial charge on any atom is -0.381 e. The van der Waals surface area contributed by atoms with Crippen LogP contribution in [0.3, 0.4) is 0 Å². The Morgan fingerprint density at radius 1 is 1.25 bits per heavy atom. The molecular weight excluding hydrogens is 322 g/mol. The second-order valence-electron chi connectivity index (χ2n) is 7.08. The molecule has 5 heteroatoms.